The average molecular weight is 623 g/mol. The van der Waals surface area contributed by atoms with Crippen LogP contribution >= 0.6 is 0 Å². The molecule has 0 radical (unpaired) electrons. The molecule has 2 N–H and O–H groups in total. The van der Waals surface area contributed by atoms with Crippen LogP contribution in [0.2, 0.25) is 0 Å². The Kier molecular flexibility index (Phi) is 11.4. The van der Waals surface area contributed by atoms with Crippen LogP contribution in [-0.4, -0.2) is 111 Å². The number of alkyl halides is 6. The lowest BCUT2D eigenvalue weighted by Gasteiger charge is -2.34. The monoisotopic (exact) mass is 622 g/mol. The van der Waals surface area contributed by atoms with Crippen LogP contribution in [0, 0.1) is 11.3 Å². The van der Waals surface area contributed by atoms with Crippen molar-refractivity contribution in [2.45, 2.75) is 25.2 Å². The summed E-state index contributed by atoms with van der Waals surface area (Å²) in [5.74, 6) is -4.77. The van der Waals surface area contributed by atoms with Crippen molar-refractivity contribution in [3.8, 4) is 0 Å². The van der Waals surface area contributed by atoms with Gasteiger partial charge in [-0.2, -0.15) is 26.3 Å². The molecule has 2 fully saturated rings. The normalized spacial score (nSPS) is 19.9. The Bertz CT molecular complexity index is 1240. The molecule has 0 aliphatic carbocycles. The number of carboxylic acids is 2. The molecule has 0 spiro atoms. The second kappa shape index (κ2) is 14.1. The zero-order valence-corrected chi connectivity index (χ0v) is 22.8. The molecule has 2 aromatic heterocycles. The first kappa shape index (κ1) is 34.7. The number of anilines is 1. The summed E-state index contributed by atoms with van der Waals surface area (Å²) in [6.45, 7) is 2.42. The van der Waals surface area contributed by atoms with Gasteiger partial charge in [-0.3, -0.25) is 14.6 Å². The Morgan fingerprint density at radius 3 is 1.95 bits per heavy atom. The largest absolute Gasteiger partial charge is 0.490 e. The van der Waals surface area contributed by atoms with Gasteiger partial charge in [-0.05, 0) is 31.0 Å². The van der Waals surface area contributed by atoms with Gasteiger partial charge in [0.1, 0.15) is 0 Å². The minimum absolute atomic E-state index is 0.0179. The van der Waals surface area contributed by atoms with Gasteiger partial charge in [-0.1, -0.05) is 0 Å². The Morgan fingerprint density at radius 1 is 0.930 bits per heavy atom. The lowest BCUT2D eigenvalue weighted by atomic mass is 9.74. The van der Waals surface area contributed by atoms with Gasteiger partial charge in [-0.15, -0.1) is 0 Å². The van der Waals surface area contributed by atoms with Crippen molar-refractivity contribution in [3.05, 3.63) is 48.5 Å². The van der Waals surface area contributed by atoms with Gasteiger partial charge in [0, 0.05) is 71.0 Å². The predicted octanol–water partition coefficient (Wildman–Crippen LogP) is 2.59. The molecule has 0 bridgehead atoms. The minimum atomic E-state index is -5.08. The van der Waals surface area contributed by atoms with E-state index in [9.17, 15) is 35.9 Å². The van der Waals surface area contributed by atoms with Crippen LogP contribution in [0.15, 0.2) is 43.0 Å². The van der Waals surface area contributed by atoms with Crippen molar-refractivity contribution in [1.82, 2.24) is 24.8 Å². The van der Waals surface area contributed by atoms with E-state index in [2.05, 4.69) is 19.9 Å². The molecule has 18 heteroatoms. The van der Waals surface area contributed by atoms with E-state index >= 15 is 0 Å². The summed E-state index contributed by atoms with van der Waals surface area (Å²) in [5, 5.41) is 14.2. The first-order chi connectivity index (χ1) is 19.9. The van der Waals surface area contributed by atoms with Crippen LogP contribution in [0.4, 0.5) is 32.3 Å². The molecule has 4 rings (SSSR count). The standard InChI is InChI=1S/C21H26N6O2.2C2HF3O2/c1-25(2)19(29)21-7-4-11-26(18(28)16-6-3-8-22-12-16)13-17(21)14-27(15-21)20-23-9-5-10-24-20;2*3-2(4,5)1(6)7/h3,5-6,8-10,12,17H,4,7,11,13-15H2,1-2H3;2*(H,6,7)/t17-,21-;;/m0../s1. The summed E-state index contributed by atoms with van der Waals surface area (Å²) in [7, 11) is 3.61. The van der Waals surface area contributed by atoms with E-state index in [0.717, 1.165) is 12.8 Å². The predicted molar refractivity (Wildman–Crippen MR) is 136 cm³/mol. The Hall–Kier alpha value is -4.51. The number of hydrogen-bond donors (Lipinski definition) is 2. The third-order valence-electron chi connectivity index (χ3n) is 6.53. The highest BCUT2D eigenvalue weighted by molar-refractivity contribution is 5.94. The zero-order chi connectivity index (χ0) is 32.6. The molecule has 236 valence electrons. The molecule has 43 heavy (non-hydrogen) atoms. The number of pyridine rings is 1. The molecule has 2 aliphatic rings. The molecular formula is C25H28F6N6O6. The van der Waals surface area contributed by atoms with E-state index < -0.39 is 29.7 Å². The van der Waals surface area contributed by atoms with Crippen molar-refractivity contribution >= 4 is 29.7 Å². The van der Waals surface area contributed by atoms with E-state index in [4.69, 9.17) is 19.8 Å². The summed E-state index contributed by atoms with van der Waals surface area (Å²) >= 11 is 0. The summed E-state index contributed by atoms with van der Waals surface area (Å²) < 4.78 is 63.5. The van der Waals surface area contributed by atoms with Crippen LogP contribution in [-0.2, 0) is 14.4 Å². The molecule has 2 saturated heterocycles. The number of amides is 2. The average Bonchev–Trinajstić information content (AvgIpc) is 3.21. The maximum absolute atomic E-state index is 13.3. The van der Waals surface area contributed by atoms with Crippen molar-refractivity contribution < 1.29 is 55.7 Å². The van der Waals surface area contributed by atoms with Crippen molar-refractivity contribution in [1.29, 1.82) is 0 Å². The summed E-state index contributed by atoms with van der Waals surface area (Å²) in [6.07, 6.45) is -1.94. The Labute approximate surface area is 240 Å². The smallest absolute Gasteiger partial charge is 0.475 e. The molecule has 0 unspecified atom stereocenters. The van der Waals surface area contributed by atoms with Gasteiger partial charge in [0.15, 0.2) is 0 Å². The van der Waals surface area contributed by atoms with Gasteiger partial charge in [-0.25, -0.2) is 19.6 Å². The molecule has 4 heterocycles. The van der Waals surface area contributed by atoms with Crippen LogP contribution in [0.3, 0.4) is 0 Å². The number of nitrogens with zero attached hydrogens (tertiary/aromatic N) is 6. The third kappa shape index (κ3) is 9.24. The first-order valence-corrected chi connectivity index (χ1v) is 12.4. The molecule has 0 aromatic carbocycles. The van der Waals surface area contributed by atoms with Crippen LogP contribution < -0.4 is 4.90 Å². The number of hydrogen-bond acceptors (Lipinski definition) is 8. The SMILES string of the molecule is CN(C)C(=O)[C@]12CCCN(C(=O)c3cccnc3)C[C@H]1CN(c1ncccn1)C2.O=C(O)C(F)(F)F.O=C(O)C(F)(F)F. The summed E-state index contributed by atoms with van der Waals surface area (Å²) in [5.41, 5.74) is 0.0485. The summed E-state index contributed by atoms with van der Waals surface area (Å²) in [6, 6.07) is 5.35. The van der Waals surface area contributed by atoms with E-state index in [-0.39, 0.29) is 17.7 Å². The topological polar surface area (TPSA) is 157 Å². The number of carbonyl (C=O) groups excluding carboxylic acids is 2. The summed E-state index contributed by atoms with van der Waals surface area (Å²) in [4.78, 5) is 62.6. The van der Waals surface area contributed by atoms with Crippen molar-refractivity contribution in [2.24, 2.45) is 11.3 Å². The van der Waals surface area contributed by atoms with Crippen molar-refractivity contribution in [2.75, 3.05) is 45.2 Å². The van der Waals surface area contributed by atoms with Crippen LogP contribution in [0.5, 0.6) is 0 Å². The van der Waals surface area contributed by atoms with E-state index in [1.54, 1.807) is 62.0 Å². The number of halogens is 6. The molecule has 12 nitrogen and oxygen atoms in total. The third-order valence-corrected chi connectivity index (χ3v) is 6.53. The number of likely N-dealkylation sites (tertiary alicyclic amines) is 1. The van der Waals surface area contributed by atoms with Gasteiger partial charge >= 0.3 is 24.3 Å². The zero-order valence-electron chi connectivity index (χ0n) is 22.8. The highest BCUT2D eigenvalue weighted by atomic mass is 19.4. The maximum Gasteiger partial charge on any atom is 0.490 e. The first-order valence-electron chi connectivity index (χ1n) is 12.4. The van der Waals surface area contributed by atoms with E-state index in [1.165, 1.54) is 0 Å². The molecular weight excluding hydrogens is 594 g/mol. The quantitative estimate of drug-likeness (QED) is 0.488. The van der Waals surface area contributed by atoms with E-state index in [0.29, 0.717) is 37.7 Å². The molecule has 2 aromatic rings. The number of carbonyl (C=O) groups is 4. The maximum atomic E-state index is 13.3. The van der Waals surface area contributed by atoms with Gasteiger partial charge in [0.05, 0.1) is 11.0 Å². The molecule has 2 amide bonds. The second-order valence-corrected chi connectivity index (χ2v) is 9.68. The number of aromatic nitrogens is 3. The number of rotatable bonds is 3. The lowest BCUT2D eigenvalue weighted by Crippen LogP contribution is -2.47. The van der Waals surface area contributed by atoms with E-state index in [1.807, 2.05) is 4.90 Å². The fourth-order valence-corrected chi connectivity index (χ4v) is 4.69. The molecule has 2 atom stereocenters. The number of fused-ring (bicyclic) bond motifs is 1. The Balaban J connectivity index is 0.000000384. The van der Waals surface area contributed by atoms with Gasteiger partial charge in [0.25, 0.3) is 5.91 Å². The number of aliphatic carboxylic acids is 2. The fourth-order valence-electron chi connectivity index (χ4n) is 4.69. The highest BCUT2D eigenvalue weighted by Gasteiger charge is 2.54. The highest BCUT2D eigenvalue weighted by Crippen LogP contribution is 2.44. The van der Waals surface area contributed by atoms with Gasteiger partial charge in [0.2, 0.25) is 11.9 Å². The van der Waals surface area contributed by atoms with Crippen LogP contribution in [0.1, 0.15) is 23.2 Å². The lowest BCUT2D eigenvalue weighted by molar-refractivity contribution is -0.193. The molecule has 2 aliphatic heterocycles. The van der Waals surface area contributed by atoms with Gasteiger partial charge < -0.3 is 24.9 Å². The Morgan fingerprint density at radius 2 is 1.49 bits per heavy atom. The number of carboxylic acid groups (broad SMARTS) is 2. The second-order valence-electron chi connectivity index (χ2n) is 9.68. The fraction of sp³-hybridized carbons (Fsp3) is 0.480. The van der Waals surface area contributed by atoms with Crippen molar-refractivity contribution in [3.63, 3.8) is 0 Å². The minimum Gasteiger partial charge on any atom is -0.475 e. The van der Waals surface area contributed by atoms with Crippen LogP contribution in [0.25, 0.3) is 0 Å². The molecule has 0 saturated carbocycles.